The van der Waals surface area contributed by atoms with E-state index in [1.165, 1.54) is 54.9 Å². The van der Waals surface area contributed by atoms with E-state index in [0.29, 0.717) is 0 Å². The van der Waals surface area contributed by atoms with Crippen LogP contribution < -0.4 is 10.1 Å². The number of anilines is 1. The Labute approximate surface area is 222 Å². The minimum Gasteiger partial charge on any atom is -0.464 e. The lowest BCUT2D eigenvalue weighted by Crippen LogP contribution is -2.14. The number of hydrogen-bond donors (Lipinski definition) is 1. The molecule has 1 N–H and O–H groups in total. The lowest BCUT2D eigenvalue weighted by atomic mass is 9.81. The highest BCUT2D eigenvalue weighted by atomic mass is 16.5. The quantitative estimate of drug-likeness (QED) is 0.245. The van der Waals surface area contributed by atoms with Crippen molar-refractivity contribution in [2.45, 2.75) is 25.5 Å². The highest BCUT2D eigenvalue weighted by Crippen LogP contribution is 2.50. The van der Waals surface area contributed by atoms with Gasteiger partial charge in [-0.1, -0.05) is 111 Å². The van der Waals surface area contributed by atoms with Crippen LogP contribution in [-0.4, -0.2) is 0 Å². The normalized spacial score (nSPS) is 16.5. The minimum absolute atomic E-state index is 0.00479. The summed E-state index contributed by atoms with van der Waals surface area (Å²) in [5.74, 6) is 0.937. The molecule has 1 aliphatic carbocycles. The molecule has 0 radical (unpaired) electrons. The van der Waals surface area contributed by atoms with Crippen molar-refractivity contribution in [3.63, 3.8) is 0 Å². The Kier molecular flexibility index (Phi) is 4.37. The van der Waals surface area contributed by atoms with Crippen molar-refractivity contribution in [2.75, 3.05) is 5.32 Å². The number of nitrogens with one attached hydrogen (secondary N) is 1. The molecule has 1 unspecified atom stereocenters. The fourth-order valence-electron chi connectivity index (χ4n) is 6.49. The number of rotatable bonds is 2. The van der Waals surface area contributed by atoms with Crippen LogP contribution in [0.2, 0.25) is 0 Å². The Hall–Kier alpha value is -4.56. The molecule has 0 bridgehead atoms. The second kappa shape index (κ2) is 7.72. The van der Waals surface area contributed by atoms with Crippen LogP contribution in [-0.2, 0) is 5.41 Å². The molecular weight excluding hydrogens is 462 g/mol. The molecule has 0 saturated carbocycles. The number of fused-ring (bicyclic) bond motifs is 8. The van der Waals surface area contributed by atoms with E-state index in [0.717, 1.165) is 17.0 Å². The molecule has 0 aromatic heterocycles. The monoisotopic (exact) mass is 489 g/mol. The molecule has 1 aliphatic heterocycles. The van der Waals surface area contributed by atoms with Crippen molar-refractivity contribution in [3.05, 3.63) is 132 Å². The Balaban J connectivity index is 1.23. The zero-order valence-corrected chi connectivity index (χ0v) is 21.5. The summed E-state index contributed by atoms with van der Waals surface area (Å²) in [7, 11) is 0. The first-order valence-corrected chi connectivity index (χ1v) is 13.3. The standard InChI is InChI=1S/C36H27NO/c1-36(2)30-11-7-6-10-28(30)29-18-15-25(21-31(29)36)24-14-17-27-26(20-24)13-12-22-16-19-32-34(33(22)27)38-35(37-32)23-8-4-3-5-9-23/h3-21,35,37H,1-2H3. The fourth-order valence-corrected chi connectivity index (χ4v) is 6.49. The molecule has 8 rings (SSSR count). The molecule has 0 fully saturated rings. The topological polar surface area (TPSA) is 21.3 Å². The molecule has 6 aromatic rings. The zero-order chi connectivity index (χ0) is 25.4. The summed E-state index contributed by atoms with van der Waals surface area (Å²) in [6, 6.07) is 41.7. The molecule has 6 aromatic carbocycles. The second-order valence-corrected chi connectivity index (χ2v) is 11.0. The largest absolute Gasteiger partial charge is 0.464 e. The molecule has 1 heterocycles. The van der Waals surface area contributed by atoms with Crippen molar-refractivity contribution in [3.8, 4) is 28.0 Å². The van der Waals surface area contributed by atoms with Gasteiger partial charge in [-0.05, 0) is 67.7 Å². The van der Waals surface area contributed by atoms with E-state index < -0.39 is 0 Å². The van der Waals surface area contributed by atoms with Gasteiger partial charge in [0.2, 0.25) is 0 Å². The summed E-state index contributed by atoms with van der Waals surface area (Å²) >= 11 is 0. The number of benzene rings is 6. The van der Waals surface area contributed by atoms with Gasteiger partial charge in [-0.3, -0.25) is 0 Å². The number of hydrogen-bond acceptors (Lipinski definition) is 2. The summed E-state index contributed by atoms with van der Waals surface area (Å²) < 4.78 is 6.52. The summed E-state index contributed by atoms with van der Waals surface area (Å²) in [5.41, 5.74) is 10.2. The first-order valence-electron chi connectivity index (χ1n) is 13.3. The summed E-state index contributed by atoms with van der Waals surface area (Å²) in [6.45, 7) is 4.68. The van der Waals surface area contributed by atoms with Gasteiger partial charge in [-0.15, -0.1) is 0 Å². The van der Waals surface area contributed by atoms with Gasteiger partial charge in [0.1, 0.15) is 0 Å². The van der Waals surface area contributed by atoms with Gasteiger partial charge in [0.05, 0.1) is 5.69 Å². The minimum atomic E-state index is -0.176. The van der Waals surface area contributed by atoms with Crippen LogP contribution in [0.25, 0.3) is 43.8 Å². The van der Waals surface area contributed by atoms with Crippen molar-refractivity contribution in [1.82, 2.24) is 0 Å². The van der Waals surface area contributed by atoms with Crippen LogP contribution in [0.5, 0.6) is 5.75 Å². The summed E-state index contributed by atoms with van der Waals surface area (Å²) in [6.07, 6.45) is -0.176. The zero-order valence-electron chi connectivity index (χ0n) is 21.5. The lowest BCUT2D eigenvalue weighted by Gasteiger charge is -2.22. The Morgan fingerprint density at radius 1 is 0.632 bits per heavy atom. The van der Waals surface area contributed by atoms with Gasteiger partial charge in [-0.25, -0.2) is 0 Å². The van der Waals surface area contributed by atoms with E-state index in [-0.39, 0.29) is 11.6 Å². The molecule has 0 spiro atoms. The predicted octanol–water partition coefficient (Wildman–Crippen LogP) is 9.47. The van der Waals surface area contributed by atoms with E-state index in [2.05, 4.69) is 128 Å². The van der Waals surface area contributed by atoms with Crippen LogP contribution in [0.15, 0.2) is 115 Å². The average Bonchev–Trinajstić information content (AvgIpc) is 3.50. The highest BCUT2D eigenvalue weighted by molar-refractivity contribution is 6.13. The van der Waals surface area contributed by atoms with E-state index >= 15 is 0 Å². The molecule has 2 aliphatic rings. The van der Waals surface area contributed by atoms with Gasteiger partial charge >= 0.3 is 0 Å². The first-order chi connectivity index (χ1) is 18.6. The molecule has 182 valence electrons. The molecule has 0 amide bonds. The number of ether oxygens (including phenoxy) is 1. The SMILES string of the molecule is CC1(C)c2ccccc2-c2ccc(-c3ccc4c(ccc5ccc6c(c54)OC(c4ccccc4)N6)c3)cc21. The Morgan fingerprint density at radius 3 is 2.24 bits per heavy atom. The Bertz CT molecular complexity index is 1900. The lowest BCUT2D eigenvalue weighted by molar-refractivity contribution is 0.263. The third kappa shape index (κ3) is 3.01. The van der Waals surface area contributed by atoms with E-state index in [4.69, 9.17) is 4.74 Å². The highest BCUT2D eigenvalue weighted by Gasteiger charge is 2.35. The van der Waals surface area contributed by atoms with Gasteiger partial charge in [0.25, 0.3) is 0 Å². The second-order valence-electron chi connectivity index (χ2n) is 11.0. The third-order valence-corrected chi connectivity index (χ3v) is 8.49. The smallest absolute Gasteiger partial charge is 0.196 e. The molecule has 2 nitrogen and oxygen atoms in total. The van der Waals surface area contributed by atoms with Crippen molar-refractivity contribution in [1.29, 1.82) is 0 Å². The van der Waals surface area contributed by atoms with Gasteiger partial charge in [0.15, 0.2) is 12.0 Å². The van der Waals surface area contributed by atoms with E-state index in [9.17, 15) is 0 Å². The molecule has 38 heavy (non-hydrogen) atoms. The van der Waals surface area contributed by atoms with E-state index in [1.807, 2.05) is 6.07 Å². The van der Waals surface area contributed by atoms with Crippen molar-refractivity contribution < 1.29 is 4.74 Å². The van der Waals surface area contributed by atoms with Crippen molar-refractivity contribution in [2.24, 2.45) is 0 Å². The molecule has 0 saturated heterocycles. The maximum atomic E-state index is 6.52. The molecule has 1 atom stereocenters. The van der Waals surface area contributed by atoms with Crippen LogP contribution >= 0.6 is 0 Å². The molecular formula is C36H27NO. The first kappa shape index (κ1) is 21.5. The predicted molar refractivity (Wildman–Crippen MR) is 158 cm³/mol. The Morgan fingerprint density at radius 2 is 1.34 bits per heavy atom. The maximum absolute atomic E-state index is 6.52. The van der Waals surface area contributed by atoms with Gasteiger partial charge < -0.3 is 10.1 Å². The van der Waals surface area contributed by atoms with Crippen LogP contribution in [0.1, 0.15) is 36.8 Å². The van der Waals surface area contributed by atoms with E-state index in [1.54, 1.807) is 0 Å². The van der Waals surface area contributed by atoms with Crippen LogP contribution in [0.3, 0.4) is 0 Å². The molecule has 2 heteroatoms. The average molecular weight is 490 g/mol. The third-order valence-electron chi connectivity index (χ3n) is 8.49. The van der Waals surface area contributed by atoms with Crippen LogP contribution in [0, 0.1) is 0 Å². The van der Waals surface area contributed by atoms with Gasteiger partial charge in [0, 0.05) is 16.4 Å². The van der Waals surface area contributed by atoms with Crippen LogP contribution in [0.4, 0.5) is 5.69 Å². The summed E-state index contributed by atoms with van der Waals surface area (Å²) in [4.78, 5) is 0. The fraction of sp³-hybridized carbons (Fsp3) is 0.111. The summed E-state index contributed by atoms with van der Waals surface area (Å²) in [5, 5.41) is 8.36. The maximum Gasteiger partial charge on any atom is 0.196 e. The van der Waals surface area contributed by atoms with Gasteiger partial charge in [-0.2, -0.15) is 0 Å². The van der Waals surface area contributed by atoms with Crippen molar-refractivity contribution >= 4 is 27.2 Å².